The van der Waals surface area contributed by atoms with Crippen molar-refractivity contribution in [2.24, 2.45) is 5.92 Å². The maximum absolute atomic E-state index is 11.5. The van der Waals surface area contributed by atoms with E-state index in [0.717, 1.165) is 18.9 Å². The summed E-state index contributed by atoms with van der Waals surface area (Å²) in [7, 11) is 1.26. The molecule has 0 unspecified atom stereocenters. The number of hydrogen-bond donors (Lipinski definition) is 1. The van der Waals surface area contributed by atoms with Crippen molar-refractivity contribution in [2.45, 2.75) is 31.6 Å². The lowest BCUT2D eigenvalue weighted by atomic mass is 10.1. The smallest absolute Gasteiger partial charge is 0.335 e. The van der Waals surface area contributed by atoms with Crippen molar-refractivity contribution in [3.05, 3.63) is 23.8 Å². The molecular formula is C13H17ClO5S. The Bertz CT molecular complexity index is 578. The molecule has 0 saturated heterocycles. The Hall–Kier alpha value is -1.27. The Morgan fingerprint density at radius 2 is 1.95 bits per heavy atom. The third kappa shape index (κ3) is 4.38. The molecule has 7 heteroatoms. The minimum atomic E-state index is -4.07. The number of hydrogen-bond acceptors (Lipinski definition) is 4. The van der Waals surface area contributed by atoms with Gasteiger partial charge >= 0.3 is 5.97 Å². The van der Waals surface area contributed by atoms with E-state index in [0.29, 0.717) is 12.5 Å². The normalized spacial score (nSPS) is 11.6. The zero-order chi connectivity index (χ0) is 15.3. The van der Waals surface area contributed by atoms with Crippen LogP contribution in [0.25, 0.3) is 0 Å². The zero-order valence-electron chi connectivity index (χ0n) is 11.3. The summed E-state index contributed by atoms with van der Waals surface area (Å²) >= 11 is 0. The molecular weight excluding hydrogens is 304 g/mol. The van der Waals surface area contributed by atoms with E-state index >= 15 is 0 Å². The summed E-state index contributed by atoms with van der Waals surface area (Å²) in [4.78, 5) is 10.6. The number of halogens is 1. The first-order valence-electron chi connectivity index (χ1n) is 6.24. The van der Waals surface area contributed by atoms with Gasteiger partial charge in [-0.25, -0.2) is 13.2 Å². The standard InChI is InChI=1S/C13H17ClO5S/c1-3-9(4-2)8-19-11-6-5-10(13(15)16)7-12(11)20(14,17)18/h5-7,9H,3-4,8H2,1-2H3,(H,15,16). The molecule has 1 rings (SSSR count). The molecule has 0 atom stereocenters. The molecule has 1 N–H and O–H groups in total. The van der Waals surface area contributed by atoms with Crippen molar-refractivity contribution in [2.75, 3.05) is 6.61 Å². The summed E-state index contributed by atoms with van der Waals surface area (Å²) in [5.74, 6) is -0.838. The van der Waals surface area contributed by atoms with Gasteiger partial charge in [-0.1, -0.05) is 26.7 Å². The van der Waals surface area contributed by atoms with Gasteiger partial charge in [0.05, 0.1) is 12.2 Å². The van der Waals surface area contributed by atoms with E-state index in [1.54, 1.807) is 0 Å². The van der Waals surface area contributed by atoms with E-state index in [1.807, 2.05) is 13.8 Å². The summed E-state index contributed by atoms with van der Waals surface area (Å²) in [5.41, 5.74) is -0.154. The van der Waals surface area contributed by atoms with Gasteiger partial charge in [-0.15, -0.1) is 0 Å². The third-order valence-electron chi connectivity index (χ3n) is 3.08. The Morgan fingerprint density at radius 1 is 1.35 bits per heavy atom. The molecule has 5 nitrogen and oxygen atoms in total. The lowest BCUT2D eigenvalue weighted by Crippen LogP contribution is -2.12. The van der Waals surface area contributed by atoms with Crippen molar-refractivity contribution in [3.8, 4) is 5.75 Å². The molecule has 1 aromatic rings. The second-order valence-electron chi connectivity index (χ2n) is 4.40. The molecule has 0 aliphatic heterocycles. The van der Waals surface area contributed by atoms with Crippen LogP contribution in [0.15, 0.2) is 23.1 Å². The highest BCUT2D eigenvalue weighted by molar-refractivity contribution is 8.13. The molecule has 0 radical (unpaired) electrons. The van der Waals surface area contributed by atoms with Crippen molar-refractivity contribution in [1.29, 1.82) is 0 Å². The summed E-state index contributed by atoms with van der Waals surface area (Å²) in [5, 5.41) is 8.88. The average Bonchev–Trinajstić information content (AvgIpc) is 2.38. The average molecular weight is 321 g/mol. The lowest BCUT2D eigenvalue weighted by Gasteiger charge is -2.15. The number of benzene rings is 1. The zero-order valence-corrected chi connectivity index (χ0v) is 12.9. The van der Waals surface area contributed by atoms with Crippen LogP contribution in [-0.2, 0) is 9.05 Å². The highest BCUT2D eigenvalue weighted by Gasteiger charge is 2.20. The predicted octanol–water partition coefficient (Wildman–Crippen LogP) is 3.13. The Balaban J connectivity index is 3.10. The quantitative estimate of drug-likeness (QED) is 0.781. The predicted molar refractivity (Wildman–Crippen MR) is 76.0 cm³/mol. The molecule has 112 valence electrons. The monoisotopic (exact) mass is 320 g/mol. The van der Waals surface area contributed by atoms with Crippen LogP contribution >= 0.6 is 10.7 Å². The maximum atomic E-state index is 11.5. The molecule has 0 amide bonds. The van der Waals surface area contributed by atoms with E-state index in [9.17, 15) is 13.2 Å². The minimum absolute atomic E-state index is 0.0805. The van der Waals surface area contributed by atoms with Gasteiger partial charge in [-0.05, 0) is 24.1 Å². The first-order valence-corrected chi connectivity index (χ1v) is 8.55. The van der Waals surface area contributed by atoms with Crippen LogP contribution in [0.5, 0.6) is 5.75 Å². The summed E-state index contributed by atoms with van der Waals surface area (Å²) < 4.78 is 28.5. The van der Waals surface area contributed by atoms with Crippen LogP contribution < -0.4 is 4.74 Å². The van der Waals surface area contributed by atoms with Crippen molar-refractivity contribution < 1.29 is 23.1 Å². The Morgan fingerprint density at radius 3 is 2.40 bits per heavy atom. The third-order valence-corrected chi connectivity index (χ3v) is 4.43. The van der Waals surface area contributed by atoms with Gasteiger partial charge in [0, 0.05) is 10.7 Å². The lowest BCUT2D eigenvalue weighted by molar-refractivity contribution is 0.0696. The largest absolute Gasteiger partial charge is 0.492 e. The minimum Gasteiger partial charge on any atom is -0.492 e. The van der Waals surface area contributed by atoms with Gasteiger partial charge in [0.1, 0.15) is 10.6 Å². The fourth-order valence-corrected chi connectivity index (χ4v) is 2.68. The highest BCUT2D eigenvalue weighted by Crippen LogP contribution is 2.29. The molecule has 0 aliphatic rings. The van der Waals surface area contributed by atoms with E-state index in [2.05, 4.69) is 0 Å². The van der Waals surface area contributed by atoms with Crippen molar-refractivity contribution in [3.63, 3.8) is 0 Å². The van der Waals surface area contributed by atoms with E-state index < -0.39 is 15.0 Å². The Labute approximate surface area is 122 Å². The first kappa shape index (κ1) is 16.8. The SMILES string of the molecule is CCC(CC)COc1ccc(C(=O)O)cc1S(=O)(=O)Cl. The van der Waals surface area contributed by atoms with Crippen LogP contribution in [0, 0.1) is 5.92 Å². The summed E-state index contributed by atoms with van der Waals surface area (Å²) in [6.07, 6.45) is 1.82. The first-order chi connectivity index (χ1) is 9.29. The number of carboxylic acids is 1. The molecule has 0 aliphatic carbocycles. The van der Waals surface area contributed by atoms with Gasteiger partial charge in [-0.2, -0.15) is 0 Å². The van der Waals surface area contributed by atoms with Gasteiger partial charge in [0.2, 0.25) is 0 Å². The molecule has 0 heterocycles. The van der Waals surface area contributed by atoms with Crippen LogP contribution in [0.2, 0.25) is 0 Å². The van der Waals surface area contributed by atoms with Gasteiger partial charge in [-0.3, -0.25) is 0 Å². The molecule has 20 heavy (non-hydrogen) atoms. The number of carboxylic acid groups (broad SMARTS) is 1. The van der Waals surface area contributed by atoms with Crippen LogP contribution in [-0.4, -0.2) is 26.1 Å². The number of rotatable bonds is 7. The Kier molecular flexibility index (Phi) is 5.83. The van der Waals surface area contributed by atoms with Gasteiger partial charge in [0.15, 0.2) is 0 Å². The molecule has 0 fully saturated rings. The summed E-state index contributed by atoms with van der Waals surface area (Å²) in [6.45, 7) is 4.40. The van der Waals surface area contributed by atoms with Crippen LogP contribution in [0.1, 0.15) is 37.0 Å². The second-order valence-corrected chi connectivity index (χ2v) is 6.93. The second kappa shape index (κ2) is 6.95. The van der Waals surface area contributed by atoms with Gasteiger partial charge < -0.3 is 9.84 Å². The van der Waals surface area contributed by atoms with Gasteiger partial charge in [0.25, 0.3) is 9.05 Å². The maximum Gasteiger partial charge on any atom is 0.335 e. The number of carbonyl (C=O) groups is 1. The van der Waals surface area contributed by atoms with Crippen molar-refractivity contribution in [1.82, 2.24) is 0 Å². The van der Waals surface area contributed by atoms with Crippen LogP contribution in [0.4, 0.5) is 0 Å². The van der Waals surface area contributed by atoms with E-state index in [1.165, 1.54) is 12.1 Å². The van der Waals surface area contributed by atoms with Crippen molar-refractivity contribution >= 4 is 25.7 Å². The molecule has 0 saturated carbocycles. The molecule has 0 bridgehead atoms. The number of ether oxygens (including phenoxy) is 1. The molecule has 0 spiro atoms. The molecule has 0 aromatic heterocycles. The molecule has 1 aromatic carbocycles. The topological polar surface area (TPSA) is 80.7 Å². The number of aromatic carboxylic acids is 1. The van der Waals surface area contributed by atoms with E-state index in [4.69, 9.17) is 20.5 Å². The van der Waals surface area contributed by atoms with Crippen LogP contribution in [0.3, 0.4) is 0 Å². The summed E-state index contributed by atoms with van der Waals surface area (Å²) in [6, 6.07) is 3.62. The fourth-order valence-electron chi connectivity index (χ4n) is 1.68. The highest BCUT2D eigenvalue weighted by atomic mass is 35.7. The van der Waals surface area contributed by atoms with E-state index in [-0.39, 0.29) is 16.2 Å². The fraction of sp³-hybridized carbons (Fsp3) is 0.462.